The van der Waals surface area contributed by atoms with Gasteiger partial charge in [-0.15, -0.1) is 0 Å². The number of nitrogens with zero attached hydrogens (tertiary/aromatic N) is 5. The minimum Gasteiger partial charge on any atom is -0.369 e. The van der Waals surface area contributed by atoms with E-state index in [-0.39, 0.29) is 23.8 Å². The second-order valence-corrected chi connectivity index (χ2v) is 6.69. The number of fused-ring (bicyclic) bond motifs is 2. The van der Waals surface area contributed by atoms with Crippen LogP contribution in [0.15, 0.2) is 35.8 Å². The van der Waals surface area contributed by atoms with Crippen LogP contribution in [0.3, 0.4) is 0 Å². The number of aryl methyl sites for hydroxylation is 1. The number of hydrogen-bond donors (Lipinski definition) is 1. The molecule has 0 aromatic carbocycles. The first-order chi connectivity index (χ1) is 13.4. The van der Waals surface area contributed by atoms with Crippen molar-refractivity contribution in [1.29, 1.82) is 0 Å². The van der Waals surface area contributed by atoms with E-state index >= 15 is 0 Å². The van der Waals surface area contributed by atoms with Crippen LogP contribution in [0.1, 0.15) is 23.9 Å². The van der Waals surface area contributed by atoms with Crippen LogP contribution in [0.25, 0.3) is 11.3 Å². The minimum absolute atomic E-state index is 0.0626. The molecular weight excluding hydrogens is 363 g/mol. The average molecular weight is 382 g/mol. The molecule has 9 heteroatoms. The van der Waals surface area contributed by atoms with Gasteiger partial charge in [-0.3, -0.25) is 9.59 Å². The Labute approximate surface area is 159 Å². The number of hydrogen-bond acceptors (Lipinski definition) is 5. The van der Waals surface area contributed by atoms with Gasteiger partial charge in [0.1, 0.15) is 23.8 Å². The third-order valence-electron chi connectivity index (χ3n) is 4.81. The Morgan fingerprint density at radius 1 is 1.39 bits per heavy atom. The van der Waals surface area contributed by atoms with Gasteiger partial charge in [-0.05, 0) is 18.6 Å². The molecule has 28 heavy (non-hydrogen) atoms. The number of rotatable bonds is 4. The maximum atomic E-state index is 13.0. The quantitative estimate of drug-likeness (QED) is 0.742. The summed E-state index contributed by atoms with van der Waals surface area (Å²) in [4.78, 5) is 31.2. The largest absolute Gasteiger partial charge is 0.369 e. The van der Waals surface area contributed by atoms with Crippen LogP contribution in [0.5, 0.6) is 0 Å². The van der Waals surface area contributed by atoms with Crippen molar-refractivity contribution in [3.63, 3.8) is 0 Å². The zero-order valence-corrected chi connectivity index (χ0v) is 15.6. The number of halogens is 1. The molecule has 0 saturated carbocycles. The first-order valence-electron chi connectivity index (χ1n) is 8.85. The summed E-state index contributed by atoms with van der Waals surface area (Å²) in [6, 6.07) is 4.41. The second-order valence-electron chi connectivity index (χ2n) is 6.69. The fourth-order valence-corrected chi connectivity index (χ4v) is 3.36. The lowest BCUT2D eigenvalue weighted by atomic mass is 10.2. The summed E-state index contributed by atoms with van der Waals surface area (Å²) in [5, 5.41) is 7.02. The van der Waals surface area contributed by atoms with Gasteiger partial charge in [-0.2, -0.15) is 9.61 Å². The zero-order valence-electron chi connectivity index (χ0n) is 15.6. The summed E-state index contributed by atoms with van der Waals surface area (Å²) in [5.41, 5.74) is 2.94. The van der Waals surface area contributed by atoms with Crippen molar-refractivity contribution in [2.24, 2.45) is 0 Å². The molecule has 4 rings (SSSR count). The van der Waals surface area contributed by atoms with Gasteiger partial charge >= 0.3 is 0 Å². The van der Waals surface area contributed by atoms with Gasteiger partial charge in [0.2, 0.25) is 5.91 Å². The number of aromatic nitrogens is 4. The third-order valence-corrected chi connectivity index (χ3v) is 4.81. The fraction of sp³-hybridized carbons (Fsp3) is 0.263. The Morgan fingerprint density at radius 2 is 2.18 bits per heavy atom. The highest BCUT2D eigenvalue weighted by atomic mass is 19.1. The summed E-state index contributed by atoms with van der Waals surface area (Å²) in [6.45, 7) is 6.36. The van der Waals surface area contributed by atoms with E-state index in [0.717, 1.165) is 11.9 Å². The lowest BCUT2D eigenvalue weighted by Gasteiger charge is -2.16. The van der Waals surface area contributed by atoms with E-state index in [1.807, 2.05) is 18.9 Å². The monoisotopic (exact) mass is 382 g/mol. The lowest BCUT2D eigenvalue weighted by molar-refractivity contribution is -0.116. The molecule has 0 aliphatic carbocycles. The van der Waals surface area contributed by atoms with E-state index in [0.29, 0.717) is 35.6 Å². The molecule has 0 saturated heterocycles. The van der Waals surface area contributed by atoms with Gasteiger partial charge in [0.25, 0.3) is 5.56 Å². The standard InChI is InChI=1S/C19H19FN6O2/c1-4-13-7-17-25(10-16(27)22-15-6-5-12(20)8-21-15)18-11(2)24(3)9-14(18)19(28)26(17)23-13/h5-8H,2,4,9-10H2,1,3H3,(H,21,22,27). The molecule has 8 nitrogen and oxygen atoms in total. The fourth-order valence-electron chi connectivity index (χ4n) is 3.36. The molecule has 0 fully saturated rings. The predicted octanol–water partition coefficient (Wildman–Crippen LogP) is 1.65. The van der Waals surface area contributed by atoms with Gasteiger partial charge in [-0.25, -0.2) is 9.37 Å². The molecule has 0 atom stereocenters. The third kappa shape index (κ3) is 2.84. The van der Waals surface area contributed by atoms with E-state index in [1.54, 1.807) is 10.6 Å². The Balaban J connectivity index is 1.79. The topological polar surface area (TPSA) is 84.5 Å². The van der Waals surface area contributed by atoms with Crippen molar-refractivity contribution in [3.8, 4) is 0 Å². The highest BCUT2D eigenvalue weighted by Gasteiger charge is 2.29. The van der Waals surface area contributed by atoms with Crippen LogP contribution in [0.2, 0.25) is 0 Å². The summed E-state index contributed by atoms with van der Waals surface area (Å²) < 4.78 is 16.1. The average Bonchev–Trinajstić information content (AvgIpc) is 3.23. The molecule has 3 aromatic heterocycles. The highest BCUT2D eigenvalue weighted by Crippen LogP contribution is 2.29. The normalized spacial score (nSPS) is 13.2. The molecule has 0 spiro atoms. The Kier molecular flexibility index (Phi) is 4.21. The maximum absolute atomic E-state index is 13.0. The lowest BCUT2D eigenvalue weighted by Crippen LogP contribution is -2.28. The van der Waals surface area contributed by atoms with Gasteiger partial charge in [0.15, 0.2) is 0 Å². The van der Waals surface area contributed by atoms with E-state index in [9.17, 15) is 14.0 Å². The Bertz CT molecular complexity index is 1160. The Hall–Kier alpha value is -3.49. The molecule has 3 aromatic rings. The summed E-state index contributed by atoms with van der Waals surface area (Å²) in [7, 11) is 1.84. The van der Waals surface area contributed by atoms with Crippen LogP contribution in [0.4, 0.5) is 10.2 Å². The van der Waals surface area contributed by atoms with Crippen molar-refractivity contribution in [2.75, 3.05) is 12.4 Å². The summed E-state index contributed by atoms with van der Waals surface area (Å²) in [5.74, 6) is -0.587. The number of amides is 1. The summed E-state index contributed by atoms with van der Waals surface area (Å²) >= 11 is 0. The highest BCUT2D eigenvalue weighted by molar-refractivity contribution is 5.90. The van der Waals surface area contributed by atoms with Gasteiger partial charge in [-0.1, -0.05) is 13.5 Å². The molecule has 0 unspecified atom stereocenters. The second kappa shape index (κ2) is 6.59. The summed E-state index contributed by atoms with van der Waals surface area (Å²) in [6.07, 6.45) is 1.70. The number of nitrogens with one attached hydrogen (secondary N) is 1. The van der Waals surface area contributed by atoms with Crippen LogP contribution in [0, 0.1) is 5.82 Å². The van der Waals surface area contributed by atoms with Crippen LogP contribution in [-0.4, -0.2) is 37.0 Å². The van der Waals surface area contributed by atoms with Gasteiger partial charge in [0, 0.05) is 13.1 Å². The molecular formula is C19H19FN6O2. The first kappa shape index (κ1) is 17.9. The van der Waals surface area contributed by atoms with Crippen molar-refractivity contribution >= 4 is 23.1 Å². The Morgan fingerprint density at radius 3 is 2.86 bits per heavy atom. The molecule has 144 valence electrons. The van der Waals surface area contributed by atoms with Crippen LogP contribution in [-0.2, 0) is 24.3 Å². The van der Waals surface area contributed by atoms with Crippen LogP contribution < -0.4 is 10.9 Å². The van der Waals surface area contributed by atoms with E-state index in [1.165, 1.54) is 16.6 Å². The number of pyridine rings is 1. The number of anilines is 1. The SMILES string of the molecule is C=C1c2c(c(=O)n3nc(CC)cc3n2CC(=O)Nc2ccc(F)cn2)CN1C. The first-order valence-corrected chi connectivity index (χ1v) is 8.85. The van der Waals surface area contributed by atoms with Crippen molar-refractivity contribution in [1.82, 2.24) is 24.1 Å². The molecule has 1 aliphatic heterocycles. The predicted molar refractivity (Wildman–Crippen MR) is 102 cm³/mol. The molecule has 1 N–H and O–H groups in total. The van der Waals surface area contributed by atoms with Gasteiger partial charge in [0.05, 0.1) is 35.4 Å². The van der Waals surface area contributed by atoms with E-state index in [4.69, 9.17) is 0 Å². The number of carbonyl (C=O) groups excluding carboxylic acids is 1. The molecule has 0 bridgehead atoms. The molecule has 0 radical (unpaired) electrons. The van der Waals surface area contributed by atoms with E-state index < -0.39 is 5.82 Å². The van der Waals surface area contributed by atoms with E-state index in [2.05, 4.69) is 22.0 Å². The van der Waals surface area contributed by atoms with Crippen molar-refractivity contribution in [3.05, 3.63) is 64.1 Å². The van der Waals surface area contributed by atoms with Crippen LogP contribution >= 0.6 is 0 Å². The van der Waals surface area contributed by atoms with Crippen molar-refractivity contribution in [2.45, 2.75) is 26.4 Å². The van der Waals surface area contributed by atoms with Crippen molar-refractivity contribution < 1.29 is 9.18 Å². The molecule has 4 heterocycles. The molecule has 1 aliphatic rings. The zero-order chi connectivity index (χ0) is 20.0. The maximum Gasteiger partial charge on any atom is 0.280 e. The number of carbonyl (C=O) groups is 1. The minimum atomic E-state index is -0.483. The smallest absolute Gasteiger partial charge is 0.280 e. The molecule has 1 amide bonds. The van der Waals surface area contributed by atoms with Gasteiger partial charge < -0.3 is 14.8 Å².